The van der Waals surface area contributed by atoms with Crippen molar-refractivity contribution >= 4 is 5.78 Å². The van der Waals surface area contributed by atoms with Crippen LogP contribution in [0.3, 0.4) is 0 Å². The quantitative estimate of drug-likeness (QED) is 0.766. The van der Waals surface area contributed by atoms with E-state index in [2.05, 4.69) is 0 Å². The number of aromatic hydroxyl groups is 2. The molecule has 2 heterocycles. The molecule has 0 spiro atoms. The summed E-state index contributed by atoms with van der Waals surface area (Å²) in [6.07, 6.45) is -0.518. The molecule has 26 heavy (non-hydrogen) atoms. The van der Waals surface area contributed by atoms with Gasteiger partial charge in [-0.15, -0.1) is 0 Å². The number of hydrogen-bond donors (Lipinski definition) is 3. The lowest BCUT2D eigenvalue weighted by Gasteiger charge is -2.27. The van der Waals surface area contributed by atoms with Gasteiger partial charge in [0.05, 0.1) is 12.0 Å². The lowest BCUT2D eigenvalue weighted by Crippen LogP contribution is -2.39. The molecule has 0 fully saturated rings. The lowest BCUT2D eigenvalue weighted by atomic mass is 9.91. The van der Waals surface area contributed by atoms with Crippen LogP contribution in [0.25, 0.3) is 0 Å². The number of carbonyl (C=O) groups excluding carboxylic acids is 1. The van der Waals surface area contributed by atoms with E-state index < -0.39 is 17.8 Å². The molecule has 2 aliphatic heterocycles. The fourth-order valence-electron chi connectivity index (χ4n) is 3.46. The van der Waals surface area contributed by atoms with E-state index >= 15 is 0 Å². The Morgan fingerprint density at radius 2 is 1.77 bits per heavy atom. The average molecular weight is 356 g/mol. The van der Waals surface area contributed by atoms with Gasteiger partial charge in [-0.05, 0) is 31.5 Å². The van der Waals surface area contributed by atoms with Crippen LogP contribution >= 0.6 is 0 Å². The number of rotatable bonds is 2. The molecule has 0 bridgehead atoms. The number of ether oxygens (including phenoxy) is 2. The van der Waals surface area contributed by atoms with Crippen LogP contribution < -0.4 is 9.47 Å². The first kappa shape index (κ1) is 16.7. The monoisotopic (exact) mass is 356 g/mol. The molecular formula is C20H20O6. The highest BCUT2D eigenvalue weighted by Crippen LogP contribution is 2.49. The molecule has 0 saturated carbocycles. The number of benzene rings is 2. The van der Waals surface area contributed by atoms with Gasteiger partial charge in [-0.2, -0.15) is 0 Å². The largest absolute Gasteiger partial charge is 0.508 e. The van der Waals surface area contributed by atoms with Crippen molar-refractivity contribution in [1.29, 1.82) is 0 Å². The van der Waals surface area contributed by atoms with Gasteiger partial charge in [-0.25, -0.2) is 0 Å². The predicted molar refractivity (Wildman–Crippen MR) is 92.9 cm³/mol. The summed E-state index contributed by atoms with van der Waals surface area (Å²) in [6, 6.07) is 7.91. The van der Waals surface area contributed by atoms with E-state index in [0.717, 1.165) is 5.56 Å². The van der Waals surface area contributed by atoms with Crippen molar-refractivity contribution in [1.82, 2.24) is 0 Å². The van der Waals surface area contributed by atoms with Crippen LogP contribution in [-0.4, -0.2) is 32.8 Å². The van der Waals surface area contributed by atoms with Crippen molar-refractivity contribution in [2.75, 3.05) is 0 Å². The third-order valence-corrected chi connectivity index (χ3v) is 4.94. The number of ketones is 1. The summed E-state index contributed by atoms with van der Waals surface area (Å²) in [6.45, 7) is 3.31. The number of aliphatic hydroxyl groups is 1. The number of carbonyl (C=O) groups is 1. The van der Waals surface area contributed by atoms with Crippen LogP contribution in [0, 0.1) is 0 Å². The van der Waals surface area contributed by atoms with Gasteiger partial charge in [-0.1, -0.05) is 12.1 Å². The summed E-state index contributed by atoms with van der Waals surface area (Å²) in [5.74, 6) is 0.491. The Labute approximate surface area is 150 Å². The molecule has 136 valence electrons. The van der Waals surface area contributed by atoms with Gasteiger partial charge in [0.1, 0.15) is 40.8 Å². The molecule has 2 aliphatic rings. The van der Waals surface area contributed by atoms with Gasteiger partial charge in [0, 0.05) is 18.1 Å². The van der Waals surface area contributed by atoms with E-state index in [0.29, 0.717) is 23.5 Å². The molecule has 0 amide bonds. The number of Topliss-reactive ketones (excluding diaryl/α,β-unsaturated/α-hetero) is 1. The van der Waals surface area contributed by atoms with Crippen molar-refractivity contribution < 1.29 is 29.6 Å². The maximum Gasteiger partial charge on any atom is 0.174 e. The minimum absolute atomic E-state index is 0.0971. The Morgan fingerprint density at radius 3 is 2.42 bits per heavy atom. The zero-order valence-corrected chi connectivity index (χ0v) is 14.5. The molecule has 3 N–H and O–H groups in total. The van der Waals surface area contributed by atoms with Crippen molar-refractivity contribution in [3.8, 4) is 23.0 Å². The van der Waals surface area contributed by atoms with Gasteiger partial charge >= 0.3 is 0 Å². The Bertz CT molecular complexity index is 879. The zero-order valence-electron chi connectivity index (χ0n) is 14.5. The number of phenols is 2. The summed E-state index contributed by atoms with van der Waals surface area (Å²) in [7, 11) is 0. The SMILES string of the molecule is CC(C)(O)C1Cc2c(cc(O)c3c2OC(c2ccc(O)cc2)CC3=O)O1. The van der Waals surface area contributed by atoms with Gasteiger partial charge in [0.25, 0.3) is 0 Å². The van der Waals surface area contributed by atoms with E-state index in [1.165, 1.54) is 6.07 Å². The molecule has 2 aromatic carbocycles. The maximum absolute atomic E-state index is 12.7. The molecule has 2 unspecified atom stereocenters. The molecular weight excluding hydrogens is 336 g/mol. The third-order valence-electron chi connectivity index (χ3n) is 4.94. The Hall–Kier alpha value is -2.73. The predicted octanol–water partition coefficient (Wildman–Crippen LogP) is 2.88. The van der Waals surface area contributed by atoms with E-state index in [1.807, 2.05) is 0 Å². The van der Waals surface area contributed by atoms with Crippen molar-refractivity contribution in [2.45, 2.75) is 44.5 Å². The highest BCUT2D eigenvalue weighted by molar-refractivity contribution is 6.03. The van der Waals surface area contributed by atoms with Gasteiger partial charge in [-0.3, -0.25) is 4.79 Å². The normalized spacial score (nSPS) is 21.6. The second-order valence-electron chi connectivity index (χ2n) is 7.37. The van der Waals surface area contributed by atoms with E-state index in [4.69, 9.17) is 9.47 Å². The van der Waals surface area contributed by atoms with Gasteiger partial charge < -0.3 is 24.8 Å². The zero-order chi connectivity index (χ0) is 18.6. The molecule has 6 nitrogen and oxygen atoms in total. The van der Waals surface area contributed by atoms with Crippen LogP contribution in [0.4, 0.5) is 0 Å². The van der Waals surface area contributed by atoms with Crippen molar-refractivity contribution in [2.24, 2.45) is 0 Å². The molecule has 6 heteroatoms. The standard InChI is InChI=1S/C20H20O6/c1-20(2,24)17-7-12-16(25-17)9-14(23)18-13(22)8-15(26-19(12)18)10-3-5-11(21)6-4-10/h3-6,9,15,17,21,23-24H,7-8H2,1-2H3. The Balaban J connectivity index is 1.75. The second-order valence-corrected chi connectivity index (χ2v) is 7.37. The summed E-state index contributed by atoms with van der Waals surface area (Å²) in [5, 5.41) is 30.0. The molecule has 0 aliphatic carbocycles. The summed E-state index contributed by atoms with van der Waals surface area (Å²) in [5.41, 5.74) is 0.536. The fraction of sp³-hybridized carbons (Fsp3) is 0.350. The van der Waals surface area contributed by atoms with Crippen LogP contribution in [0.15, 0.2) is 30.3 Å². The highest BCUT2D eigenvalue weighted by atomic mass is 16.5. The molecule has 2 atom stereocenters. The molecule has 0 radical (unpaired) electrons. The Kier molecular flexibility index (Phi) is 3.63. The molecule has 2 aromatic rings. The molecule has 0 aromatic heterocycles. The average Bonchev–Trinajstić information content (AvgIpc) is 2.99. The van der Waals surface area contributed by atoms with Crippen LogP contribution in [-0.2, 0) is 6.42 Å². The van der Waals surface area contributed by atoms with Crippen LogP contribution in [0.1, 0.15) is 47.9 Å². The first-order chi connectivity index (χ1) is 12.2. The first-order valence-corrected chi connectivity index (χ1v) is 8.50. The number of fused-ring (bicyclic) bond motifs is 3. The Morgan fingerprint density at radius 1 is 1.08 bits per heavy atom. The minimum atomic E-state index is -1.07. The summed E-state index contributed by atoms with van der Waals surface area (Å²) >= 11 is 0. The minimum Gasteiger partial charge on any atom is -0.508 e. The lowest BCUT2D eigenvalue weighted by molar-refractivity contribution is -0.0230. The van der Waals surface area contributed by atoms with Gasteiger partial charge in [0.15, 0.2) is 5.78 Å². The van der Waals surface area contributed by atoms with Gasteiger partial charge in [0.2, 0.25) is 0 Å². The number of hydrogen-bond acceptors (Lipinski definition) is 6. The highest BCUT2D eigenvalue weighted by Gasteiger charge is 2.41. The molecule has 0 saturated heterocycles. The topological polar surface area (TPSA) is 96.2 Å². The summed E-state index contributed by atoms with van der Waals surface area (Å²) in [4.78, 5) is 12.7. The van der Waals surface area contributed by atoms with E-state index in [-0.39, 0.29) is 29.3 Å². The van der Waals surface area contributed by atoms with Crippen molar-refractivity contribution in [3.63, 3.8) is 0 Å². The van der Waals surface area contributed by atoms with E-state index in [9.17, 15) is 20.1 Å². The first-order valence-electron chi connectivity index (χ1n) is 8.50. The van der Waals surface area contributed by atoms with Crippen molar-refractivity contribution in [3.05, 3.63) is 47.0 Å². The number of phenolic OH excluding ortho intramolecular Hbond substituents is 2. The second kappa shape index (κ2) is 5.64. The maximum atomic E-state index is 12.7. The molecule has 4 rings (SSSR count). The third kappa shape index (κ3) is 2.66. The van der Waals surface area contributed by atoms with Crippen LogP contribution in [0.5, 0.6) is 23.0 Å². The van der Waals surface area contributed by atoms with E-state index in [1.54, 1.807) is 38.1 Å². The smallest absolute Gasteiger partial charge is 0.174 e. The fourth-order valence-corrected chi connectivity index (χ4v) is 3.46. The summed E-state index contributed by atoms with van der Waals surface area (Å²) < 4.78 is 11.9. The van der Waals surface area contributed by atoms with Crippen LogP contribution in [0.2, 0.25) is 0 Å².